The summed E-state index contributed by atoms with van der Waals surface area (Å²) in [4.78, 5) is 50.6. The monoisotopic (exact) mass is 839 g/mol. The minimum absolute atomic E-state index is 0.0172. The van der Waals surface area contributed by atoms with Crippen molar-refractivity contribution < 1.29 is 55.4 Å². The van der Waals surface area contributed by atoms with E-state index in [0.29, 0.717) is 16.0 Å². The van der Waals surface area contributed by atoms with E-state index in [1.54, 1.807) is 12.1 Å². The second-order valence-corrected chi connectivity index (χ2v) is 14.9. The zero-order valence-electron chi connectivity index (χ0n) is 28.9. The molecule has 6 atom stereocenters. The van der Waals surface area contributed by atoms with Gasteiger partial charge in [-0.2, -0.15) is 26.3 Å². The van der Waals surface area contributed by atoms with Crippen molar-refractivity contribution in [2.24, 2.45) is 5.73 Å². The van der Waals surface area contributed by atoms with Crippen molar-refractivity contribution in [1.82, 2.24) is 30.9 Å². The molecule has 300 valence electrons. The fourth-order valence-electron chi connectivity index (χ4n) is 5.00. The Hall–Kier alpha value is -4.15. The van der Waals surface area contributed by atoms with E-state index < -0.39 is 92.1 Å². The number of carbonyl (C=O) groups is 3. The Morgan fingerprint density at radius 1 is 0.891 bits per heavy atom. The van der Waals surface area contributed by atoms with Crippen molar-refractivity contribution >= 4 is 52.0 Å². The number of halogens is 7. The van der Waals surface area contributed by atoms with Gasteiger partial charge in [0.15, 0.2) is 0 Å². The number of thiazole rings is 2. The molecule has 13 nitrogen and oxygen atoms in total. The van der Waals surface area contributed by atoms with Gasteiger partial charge in [-0.05, 0) is 44.4 Å². The first-order valence-electron chi connectivity index (χ1n) is 16.5. The van der Waals surface area contributed by atoms with E-state index in [1.807, 2.05) is 0 Å². The summed E-state index contributed by atoms with van der Waals surface area (Å²) in [7, 11) is 0. The second kappa shape index (κ2) is 18.7. The topological polar surface area (TPSA) is 206 Å². The van der Waals surface area contributed by atoms with Crippen LogP contribution in [0.4, 0.5) is 26.3 Å². The zero-order valence-corrected chi connectivity index (χ0v) is 31.3. The lowest BCUT2D eigenvalue weighted by molar-refractivity contribution is -0.140. The molecule has 0 aliphatic heterocycles. The first kappa shape index (κ1) is 43.6. The van der Waals surface area contributed by atoms with Gasteiger partial charge in [0.25, 0.3) is 5.91 Å². The number of aliphatic hydroxyl groups excluding tert-OH is 2. The van der Waals surface area contributed by atoms with Crippen LogP contribution in [0.3, 0.4) is 0 Å². The number of hydrogen-bond donors (Lipinski definition) is 6. The smallest absolute Gasteiger partial charge is 0.389 e. The number of benzene rings is 1. The van der Waals surface area contributed by atoms with E-state index in [2.05, 4.69) is 30.9 Å². The molecule has 1 aromatic carbocycles. The molecule has 0 aliphatic rings. The van der Waals surface area contributed by atoms with E-state index in [4.69, 9.17) is 21.8 Å². The highest BCUT2D eigenvalue weighted by Gasteiger charge is 2.35. The predicted molar refractivity (Wildman–Crippen MR) is 189 cm³/mol. The van der Waals surface area contributed by atoms with Crippen molar-refractivity contribution in [3.63, 3.8) is 0 Å². The molecule has 0 saturated heterocycles. The van der Waals surface area contributed by atoms with Crippen LogP contribution in [0.1, 0.15) is 82.7 Å². The molecule has 3 heterocycles. The summed E-state index contributed by atoms with van der Waals surface area (Å²) in [6, 6.07) is -0.201. The molecular formula is C33H36ClF6N7O6S2. The molecule has 3 amide bonds. The number of amides is 3. The molecular weight excluding hydrogens is 804 g/mol. The zero-order chi connectivity index (χ0) is 40.7. The molecule has 0 aliphatic carbocycles. The number of aliphatic hydroxyl groups is 2. The molecule has 0 fully saturated rings. The molecule has 22 heteroatoms. The summed E-state index contributed by atoms with van der Waals surface area (Å²) >= 11 is 8.55. The molecule has 7 N–H and O–H groups in total. The molecule has 2 unspecified atom stereocenters. The third kappa shape index (κ3) is 13.0. The SMILES string of the molecule is C[C@H](N)C(=O)N[C@@H](CCC(F)(F)F)C(O)c1ncc(Cc2ccc(-c3ncc(C(=O)N[C@@H](C)C(=O)N[C@@H](CCC(F)(F)F)C(O)c4nccs4)o3)cc2Cl)s1. The predicted octanol–water partition coefficient (Wildman–Crippen LogP) is 5.39. The van der Waals surface area contributed by atoms with Gasteiger partial charge < -0.3 is 36.3 Å². The number of aromatic nitrogens is 3. The van der Waals surface area contributed by atoms with Crippen LogP contribution >= 0.6 is 34.3 Å². The maximum Gasteiger partial charge on any atom is 0.389 e. The Labute approximate surface area is 322 Å². The van der Waals surface area contributed by atoms with Gasteiger partial charge in [-0.1, -0.05) is 17.7 Å². The molecule has 3 aromatic heterocycles. The Morgan fingerprint density at radius 2 is 1.51 bits per heavy atom. The number of oxazole rings is 1. The third-order valence-corrected chi connectivity index (χ3v) is 10.2. The van der Waals surface area contributed by atoms with E-state index in [9.17, 15) is 50.9 Å². The third-order valence-electron chi connectivity index (χ3n) is 7.97. The molecule has 0 spiro atoms. The normalized spacial score (nSPS) is 15.4. The summed E-state index contributed by atoms with van der Waals surface area (Å²) in [5.74, 6) is -2.78. The number of nitrogens with two attached hydrogens (primary N) is 1. The Bertz CT molecular complexity index is 1910. The Balaban J connectivity index is 1.38. The van der Waals surface area contributed by atoms with Crippen LogP contribution in [-0.2, 0) is 16.0 Å². The van der Waals surface area contributed by atoms with Crippen LogP contribution in [0.15, 0.2) is 46.6 Å². The van der Waals surface area contributed by atoms with Gasteiger partial charge in [0.05, 0.1) is 24.3 Å². The summed E-state index contributed by atoms with van der Waals surface area (Å²) in [5, 5.41) is 30.5. The lowest BCUT2D eigenvalue weighted by atomic mass is 10.0. The number of rotatable bonds is 17. The van der Waals surface area contributed by atoms with Crippen molar-refractivity contribution in [2.45, 2.75) is 94.7 Å². The average Bonchev–Trinajstić information content (AvgIpc) is 3.91. The van der Waals surface area contributed by atoms with Crippen molar-refractivity contribution in [3.05, 3.63) is 73.4 Å². The van der Waals surface area contributed by atoms with Crippen LogP contribution in [0.2, 0.25) is 5.02 Å². The lowest BCUT2D eigenvalue weighted by Gasteiger charge is -2.25. The highest BCUT2D eigenvalue weighted by atomic mass is 35.5. The van der Waals surface area contributed by atoms with Gasteiger partial charge in [-0.15, -0.1) is 22.7 Å². The van der Waals surface area contributed by atoms with Gasteiger partial charge in [-0.3, -0.25) is 14.4 Å². The van der Waals surface area contributed by atoms with E-state index >= 15 is 0 Å². The van der Waals surface area contributed by atoms with Gasteiger partial charge in [0.1, 0.15) is 28.3 Å². The average molecular weight is 840 g/mol. The van der Waals surface area contributed by atoms with Crippen LogP contribution in [0.5, 0.6) is 0 Å². The van der Waals surface area contributed by atoms with E-state index in [1.165, 1.54) is 37.7 Å². The van der Waals surface area contributed by atoms with Crippen LogP contribution < -0.4 is 21.7 Å². The Kier molecular flexibility index (Phi) is 14.8. The second-order valence-electron chi connectivity index (χ2n) is 12.5. The summed E-state index contributed by atoms with van der Waals surface area (Å²) in [5.41, 5.74) is 6.48. The molecule has 0 saturated carbocycles. The van der Waals surface area contributed by atoms with Crippen LogP contribution in [0, 0.1) is 0 Å². The fourth-order valence-corrected chi connectivity index (χ4v) is 6.93. The highest BCUT2D eigenvalue weighted by molar-refractivity contribution is 7.11. The number of nitrogens with zero attached hydrogens (tertiary/aromatic N) is 3. The maximum atomic E-state index is 12.9. The molecule has 0 radical (unpaired) electrons. The van der Waals surface area contributed by atoms with E-state index in [-0.39, 0.29) is 33.1 Å². The van der Waals surface area contributed by atoms with Gasteiger partial charge >= 0.3 is 12.4 Å². The van der Waals surface area contributed by atoms with Crippen molar-refractivity contribution in [3.8, 4) is 11.5 Å². The number of hydrogen-bond acceptors (Lipinski definition) is 12. The molecule has 55 heavy (non-hydrogen) atoms. The summed E-state index contributed by atoms with van der Waals surface area (Å²) < 4.78 is 83.2. The minimum Gasteiger partial charge on any atom is -0.431 e. The van der Waals surface area contributed by atoms with Gasteiger partial charge in [-0.25, -0.2) is 15.0 Å². The molecule has 4 aromatic rings. The van der Waals surface area contributed by atoms with Gasteiger partial charge in [0, 0.05) is 52.5 Å². The summed E-state index contributed by atoms with van der Waals surface area (Å²) in [6.45, 7) is 2.65. The number of nitrogens with one attached hydrogen (secondary N) is 3. The molecule has 0 bridgehead atoms. The van der Waals surface area contributed by atoms with Crippen LogP contribution in [-0.4, -0.2) is 79.4 Å². The summed E-state index contributed by atoms with van der Waals surface area (Å²) in [6.07, 6.45) is -11.8. The van der Waals surface area contributed by atoms with Gasteiger partial charge in [0.2, 0.25) is 23.5 Å². The molecule has 4 rings (SSSR count). The Morgan fingerprint density at radius 3 is 2.07 bits per heavy atom. The largest absolute Gasteiger partial charge is 0.431 e. The number of carbonyl (C=O) groups excluding carboxylic acids is 3. The maximum absolute atomic E-state index is 12.9. The quantitative estimate of drug-likeness (QED) is 0.0749. The van der Waals surface area contributed by atoms with Crippen LogP contribution in [0.25, 0.3) is 11.5 Å². The first-order chi connectivity index (χ1) is 25.7. The fraction of sp³-hybridized carbons (Fsp3) is 0.455. The van der Waals surface area contributed by atoms with Crippen molar-refractivity contribution in [2.75, 3.05) is 0 Å². The number of alkyl halides is 6. The first-order valence-corrected chi connectivity index (χ1v) is 18.5. The minimum atomic E-state index is -4.54. The highest BCUT2D eigenvalue weighted by Crippen LogP contribution is 2.32. The standard InChI is InChI=1S/C33H36ClF6N7O6S2/c1-15(41)26(50)46-22(6-8-33(38,39)40)25(49)31-44-13-19(55-31)11-17-3-4-18(12-20(17)34)29-43-14-23(53-29)28(52)45-16(2)27(51)47-21(5-7-32(35,36)37)24(48)30-42-9-10-54-30/h3-4,9-10,12-16,21-22,24-25,48-49H,5-8,11,41H2,1-2H3,(H,45,52)(H,46,50)(H,47,51)/t15-,16-,21-,22-,24?,25?/m0/s1. The van der Waals surface area contributed by atoms with E-state index in [0.717, 1.165) is 28.9 Å². The van der Waals surface area contributed by atoms with Crippen molar-refractivity contribution in [1.29, 1.82) is 0 Å². The lowest BCUT2D eigenvalue weighted by Crippen LogP contribution is -2.49.